The predicted molar refractivity (Wildman–Crippen MR) is 110 cm³/mol. The van der Waals surface area contributed by atoms with Crippen LogP contribution in [0, 0.1) is 0 Å². The van der Waals surface area contributed by atoms with E-state index < -0.39 is 11.1 Å². The van der Waals surface area contributed by atoms with Crippen molar-refractivity contribution in [2.45, 2.75) is 45.6 Å². The first-order chi connectivity index (χ1) is 13.5. The average Bonchev–Trinajstić information content (AvgIpc) is 2.97. The van der Waals surface area contributed by atoms with Gasteiger partial charge in [0, 0.05) is 13.1 Å². The van der Waals surface area contributed by atoms with Gasteiger partial charge in [0.15, 0.2) is 0 Å². The standard InChI is InChI=1S/C21H26N2O4S/c1-3-15(2)27-17-9-7-16(8-10-17)13-18-20(25)23(21(26)28-18)14-19(24)22-11-5-4-6-12-22/h7-10,13,15H,3-6,11-12,14H2,1-2H3/b18-13-/t15-/m1/s1. The molecule has 0 N–H and O–H groups in total. The number of likely N-dealkylation sites (tertiary alicyclic amines) is 1. The molecule has 150 valence electrons. The Hall–Kier alpha value is -2.28. The van der Waals surface area contributed by atoms with Crippen molar-refractivity contribution in [3.63, 3.8) is 0 Å². The van der Waals surface area contributed by atoms with Gasteiger partial charge in [-0.05, 0) is 68.1 Å². The van der Waals surface area contributed by atoms with Crippen molar-refractivity contribution < 1.29 is 19.1 Å². The number of carbonyl (C=O) groups excluding carboxylic acids is 3. The summed E-state index contributed by atoms with van der Waals surface area (Å²) >= 11 is 0.880. The largest absolute Gasteiger partial charge is 0.491 e. The van der Waals surface area contributed by atoms with Gasteiger partial charge in [0.05, 0.1) is 11.0 Å². The SMILES string of the molecule is CC[C@@H](C)Oc1ccc(/C=C2\SC(=O)N(CC(=O)N3CCCCC3)C2=O)cc1. The summed E-state index contributed by atoms with van der Waals surface area (Å²) in [5.41, 5.74) is 0.810. The summed E-state index contributed by atoms with van der Waals surface area (Å²) in [7, 11) is 0. The van der Waals surface area contributed by atoms with E-state index in [1.54, 1.807) is 11.0 Å². The van der Waals surface area contributed by atoms with Crippen molar-refractivity contribution in [3.8, 4) is 5.75 Å². The van der Waals surface area contributed by atoms with Gasteiger partial charge in [-0.1, -0.05) is 19.1 Å². The summed E-state index contributed by atoms with van der Waals surface area (Å²) in [6.45, 7) is 5.30. The fourth-order valence-electron chi connectivity index (χ4n) is 3.12. The molecule has 1 aromatic rings. The topological polar surface area (TPSA) is 66.9 Å². The number of hydrogen-bond donors (Lipinski definition) is 0. The lowest BCUT2D eigenvalue weighted by Crippen LogP contribution is -2.44. The quantitative estimate of drug-likeness (QED) is 0.675. The summed E-state index contributed by atoms with van der Waals surface area (Å²) in [5, 5.41) is -0.390. The molecule has 2 fully saturated rings. The van der Waals surface area contributed by atoms with Gasteiger partial charge in [-0.3, -0.25) is 19.3 Å². The van der Waals surface area contributed by atoms with Crippen LogP contribution in [-0.4, -0.2) is 52.6 Å². The zero-order chi connectivity index (χ0) is 20.1. The number of amides is 3. The molecule has 2 aliphatic rings. The van der Waals surface area contributed by atoms with E-state index in [-0.39, 0.29) is 18.6 Å². The van der Waals surface area contributed by atoms with Gasteiger partial charge >= 0.3 is 0 Å². The maximum absolute atomic E-state index is 12.6. The molecular weight excluding hydrogens is 376 g/mol. The Morgan fingerprint density at radius 1 is 1.18 bits per heavy atom. The summed E-state index contributed by atoms with van der Waals surface area (Å²) in [4.78, 5) is 40.4. The predicted octanol–water partition coefficient (Wildman–Crippen LogP) is 3.91. The van der Waals surface area contributed by atoms with Crippen molar-refractivity contribution in [2.24, 2.45) is 0 Å². The maximum Gasteiger partial charge on any atom is 0.294 e. The third-order valence-electron chi connectivity index (χ3n) is 4.97. The lowest BCUT2D eigenvalue weighted by Gasteiger charge is -2.27. The van der Waals surface area contributed by atoms with Crippen LogP contribution in [0.5, 0.6) is 5.75 Å². The number of rotatable bonds is 6. The van der Waals surface area contributed by atoms with Crippen LogP contribution in [0.2, 0.25) is 0 Å². The molecule has 0 unspecified atom stereocenters. The van der Waals surface area contributed by atoms with E-state index in [2.05, 4.69) is 6.92 Å². The van der Waals surface area contributed by atoms with Gasteiger partial charge in [-0.25, -0.2) is 0 Å². The normalized spacial score (nSPS) is 20.0. The molecule has 0 aliphatic carbocycles. The van der Waals surface area contributed by atoms with Crippen molar-refractivity contribution >= 4 is 34.9 Å². The number of carbonyl (C=O) groups is 3. The van der Waals surface area contributed by atoms with Gasteiger partial charge in [0.2, 0.25) is 5.91 Å². The Morgan fingerprint density at radius 2 is 1.86 bits per heavy atom. The van der Waals surface area contributed by atoms with Crippen LogP contribution in [-0.2, 0) is 9.59 Å². The second kappa shape index (κ2) is 9.28. The van der Waals surface area contributed by atoms with E-state index in [9.17, 15) is 14.4 Å². The molecular formula is C21H26N2O4S. The molecule has 2 aliphatic heterocycles. The third-order valence-corrected chi connectivity index (χ3v) is 5.87. The lowest BCUT2D eigenvalue weighted by atomic mass is 10.1. The van der Waals surface area contributed by atoms with E-state index in [1.165, 1.54) is 0 Å². The van der Waals surface area contributed by atoms with Gasteiger partial charge in [-0.15, -0.1) is 0 Å². The fraction of sp³-hybridized carbons (Fsp3) is 0.476. The van der Waals surface area contributed by atoms with Gasteiger partial charge in [0.25, 0.3) is 11.1 Å². The highest BCUT2D eigenvalue weighted by Crippen LogP contribution is 2.32. The minimum Gasteiger partial charge on any atom is -0.491 e. The van der Waals surface area contributed by atoms with Crippen LogP contribution in [0.4, 0.5) is 4.79 Å². The fourth-order valence-corrected chi connectivity index (χ4v) is 3.96. The molecule has 2 saturated heterocycles. The van der Waals surface area contributed by atoms with Gasteiger partial charge in [-0.2, -0.15) is 0 Å². The Morgan fingerprint density at radius 3 is 2.50 bits per heavy atom. The van der Waals surface area contributed by atoms with Crippen LogP contribution >= 0.6 is 11.8 Å². The Bertz CT molecular complexity index is 769. The molecule has 0 spiro atoms. The lowest BCUT2D eigenvalue weighted by molar-refractivity contribution is -0.136. The average molecular weight is 403 g/mol. The smallest absolute Gasteiger partial charge is 0.294 e. The first-order valence-electron chi connectivity index (χ1n) is 9.77. The third kappa shape index (κ3) is 4.95. The van der Waals surface area contributed by atoms with E-state index in [4.69, 9.17) is 4.74 Å². The van der Waals surface area contributed by atoms with Crippen molar-refractivity contribution in [3.05, 3.63) is 34.7 Å². The Balaban J connectivity index is 1.64. The molecule has 0 aromatic heterocycles. The van der Waals surface area contributed by atoms with Crippen molar-refractivity contribution in [2.75, 3.05) is 19.6 Å². The van der Waals surface area contributed by atoms with Crippen LogP contribution in [0.3, 0.4) is 0 Å². The molecule has 3 rings (SSSR count). The zero-order valence-corrected chi connectivity index (χ0v) is 17.2. The summed E-state index contributed by atoms with van der Waals surface area (Å²) < 4.78 is 5.75. The number of ether oxygens (including phenoxy) is 1. The number of benzene rings is 1. The monoisotopic (exact) mass is 402 g/mol. The zero-order valence-electron chi connectivity index (χ0n) is 16.3. The minimum absolute atomic E-state index is 0.139. The van der Waals surface area contributed by atoms with Gasteiger partial charge in [0.1, 0.15) is 12.3 Å². The molecule has 7 heteroatoms. The first-order valence-corrected chi connectivity index (χ1v) is 10.6. The molecule has 1 atom stereocenters. The maximum atomic E-state index is 12.6. The van der Waals surface area contributed by atoms with Crippen LogP contribution in [0.15, 0.2) is 29.2 Å². The second-order valence-corrected chi connectivity index (χ2v) is 8.11. The molecule has 3 amide bonds. The minimum atomic E-state index is -0.403. The number of hydrogen-bond acceptors (Lipinski definition) is 5. The number of imide groups is 1. The molecule has 28 heavy (non-hydrogen) atoms. The van der Waals surface area contributed by atoms with Crippen LogP contribution in [0.25, 0.3) is 6.08 Å². The highest BCUT2D eigenvalue weighted by atomic mass is 32.2. The van der Waals surface area contributed by atoms with Crippen molar-refractivity contribution in [1.29, 1.82) is 0 Å². The van der Waals surface area contributed by atoms with Gasteiger partial charge < -0.3 is 9.64 Å². The summed E-state index contributed by atoms with van der Waals surface area (Å²) in [6, 6.07) is 7.40. The molecule has 1 aromatic carbocycles. The van der Waals surface area contributed by atoms with E-state index in [1.807, 2.05) is 31.2 Å². The molecule has 6 nitrogen and oxygen atoms in total. The number of thioether (sulfide) groups is 1. The molecule has 0 bridgehead atoms. The summed E-state index contributed by atoms with van der Waals surface area (Å²) in [6.07, 6.45) is 5.82. The summed E-state index contributed by atoms with van der Waals surface area (Å²) in [5.74, 6) is 0.210. The number of piperidine rings is 1. The Labute approximate surface area is 169 Å². The van der Waals surface area contributed by atoms with E-state index in [0.717, 1.165) is 53.7 Å². The first kappa shape index (κ1) is 20.5. The van der Waals surface area contributed by atoms with Crippen LogP contribution in [0.1, 0.15) is 45.1 Å². The van der Waals surface area contributed by atoms with E-state index in [0.29, 0.717) is 18.0 Å². The second-order valence-electron chi connectivity index (χ2n) is 7.12. The van der Waals surface area contributed by atoms with Crippen molar-refractivity contribution in [1.82, 2.24) is 9.80 Å². The number of nitrogens with zero attached hydrogens (tertiary/aromatic N) is 2. The highest BCUT2D eigenvalue weighted by Gasteiger charge is 2.37. The van der Waals surface area contributed by atoms with Crippen LogP contribution < -0.4 is 4.74 Å². The Kier molecular flexibility index (Phi) is 6.78. The molecule has 0 saturated carbocycles. The molecule has 2 heterocycles. The van der Waals surface area contributed by atoms with E-state index >= 15 is 0 Å². The molecule has 0 radical (unpaired) electrons. The highest BCUT2D eigenvalue weighted by molar-refractivity contribution is 8.18.